The molecule has 0 unspecified atom stereocenters. The maximum atomic E-state index is 11.9. The zero-order valence-electron chi connectivity index (χ0n) is 11.7. The first kappa shape index (κ1) is 15.7. The van der Waals surface area contributed by atoms with Gasteiger partial charge in [-0.15, -0.1) is 11.8 Å². The van der Waals surface area contributed by atoms with Crippen molar-refractivity contribution in [1.29, 1.82) is 0 Å². The highest BCUT2D eigenvalue weighted by Crippen LogP contribution is 2.28. The Morgan fingerprint density at radius 1 is 1.24 bits per heavy atom. The van der Waals surface area contributed by atoms with Gasteiger partial charge in [0.25, 0.3) is 0 Å². The molecule has 2 rings (SSSR count). The van der Waals surface area contributed by atoms with Crippen LogP contribution >= 0.6 is 23.4 Å². The lowest BCUT2D eigenvalue weighted by Crippen LogP contribution is -2.14. The summed E-state index contributed by atoms with van der Waals surface area (Å²) in [5.74, 6) is 0.226. The predicted molar refractivity (Wildman–Crippen MR) is 91.0 cm³/mol. The summed E-state index contributed by atoms with van der Waals surface area (Å²) >= 11 is 7.30. The molecule has 0 spiro atoms. The molecule has 0 heterocycles. The van der Waals surface area contributed by atoms with Crippen LogP contribution in [0, 0.1) is 0 Å². The molecule has 110 valence electrons. The van der Waals surface area contributed by atoms with Crippen LogP contribution in [-0.4, -0.2) is 11.7 Å². The first-order chi connectivity index (χ1) is 10.1. The summed E-state index contributed by atoms with van der Waals surface area (Å²) in [6.07, 6.45) is 0.984. The number of nitrogen functional groups attached to an aromatic ring is 1. The minimum absolute atomic E-state index is 0.0661. The second kappa shape index (κ2) is 7.38. The van der Waals surface area contributed by atoms with Crippen molar-refractivity contribution in [3.8, 4) is 0 Å². The average molecular weight is 321 g/mol. The molecule has 0 fully saturated rings. The van der Waals surface area contributed by atoms with E-state index in [9.17, 15) is 4.79 Å². The van der Waals surface area contributed by atoms with Gasteiger partial charge in [0.1, 0.15) is 0 Å². The Morgan fingerprint density at radius 3 is 2.62 bits per heavy atom. The summed E-state index contributed by atoms with van der Waals surface area (Å²) in [5, 5.41) is 3.48. The van der Waals surface area contributed by atoms with Gasteiger partial charge in [0.15, 0.2) is 0 Å². The zero-order chi connectivity index (χ0) is 15.2. The fourth-order valence-corrected chi connectivity index (χ4v) is 2.84. The third kappa shape index (κ3) is 4.69. The van der Waals surface area contributed by atoms with Gasteiger partial charge in [0.2, 0.25) is 5.91 Å². The van der Waals surface area contributed by atoms with Crippen LogP contribution < -0.4 is 11.1 Å². The highest BCUT2D eigenvalue weighted by molar-refractivity contribution is 8.00. The van der Waals surface area contributed by atoms with Crippen LogP contribution in [0.2, 0.25) is 5.02 Å². The summed E-state index contributed by atoms with van der Waals surface area (Å²) in [5.41, 5.74) is 8.53. The van der Waals surface area contributed by atoms with E-state index in [4.69, 9.17) is 17.3 Å². The molecule has 21 heavy (non-hydrogen) atoms. The van der Waals surface area contributed by atoms with Crippen LogP contribution in [0.5, 0.6) is 0 Å². The topological polar surface area (TPSA) is 55.1 Å². The van der Waals surface area contributed by atoms with Crippen molar-refractivity contribution >= 4 is 40.6 Å². The van der Waals surface area contributed by atoms with Crippen LogP contribution in [0.1, 0.15) is 12.5 Å². The van der Waals surface area contributed by atoms with Gasteiger partial charge >= 0.3 is 0 Å². The third-order valence-corrected chi connectivity index (χ3v) is 4.29. The molecule has 0 aliphatic rings. The van der Waals surface area contributed by atoms with Gasteiger partial charge in [-0.05, 0) is 42.3 Å². The molecular weight excluding hydrogens is 304 g/mol. The molecule has 0 saturated carbocycles. The van der Waals surface area contributed by atoms with Crippen LogP contribution in [0.15, 0.2) is 47.4 Å². The number of hydrogen-bond donors (Lipinski definition) is 2. The largest absolute Gasteiger partial charge is 0.398 e. The van der Waals surface area contributed by atoms with Crippen molar-refractivity contribution in [3.05, 3.63) is 53.1 Å². The molecule has 0 aliphatic carbocycles. The number of halogens is 1. The van der Waals surface area contributed by atoms with E-state index in [0.29, 0.717) is 16.5 Å². The number of anilines is 2. The smallest absolute Gasteiger partial charge is 0.234 e. The first-order valence-electron chi connectivity index (χ1n) is 6.65. The molecule has 0 bridgehead atoms. The SMILES string of the molecule is CCc1ccc(NC(=O)CSc2cc(Cl)ccc2N)cc1. The molecular formula is C16H17ClN2OS. The van der Waals surface area contributed by atoms with E-state index in [2.05, 4.69) is 12.2 Å². The van der Waals surface area contributed by atoms with E-state index in [1.54, 1.807) is 18.2 Å². The molecule has 1 amide bonds. The second-order valence-electron chi connectivity index (χ2n) is 4.57. The summed E-state index contributed by atoms with van der Waals surface area (Å²) in [6.45, 7) is 2.10. The molecule has 0 atom stereocenters. The van der Waals surface area contributed by atoms with Crippen molar-refractivity contribution in [1.82, 2.24) is 0 Å². The van der Waals surface area contributed by atoms with Crippen LogP contribution in [-0.2, 0) is 11.2 Å². The van der Waals surface area contributed by atoms with Crippen LogP contribution in [0.3, 0.4) is 0 Å². The van der Waals surface area contributed by atoms with Gasteiger partial charge in [0.05, 0.1) is 5.75 Å². The number of rotatable bonds is 5. The lowest BCUT2D eigenvalue weighted by molar-refractivity contribution is -0.113. The third-order valence-electron chi connectivity index (χ3n) is 2.98. The Bertz CT molecular complexity index is 629. The number of hydrogen-bond acceptors (Lipinski definition) is 3. The number of nitrogens with two attached hydrogens (primary N) is 1. The van der Waals surface area contributed by atoms with Crippen molar-refractivity contribution in [2.75, 3.05) is 16.8 Å². The minimum atomic E-state index is -0.0661. The lowest BCUT2D eigenvalue weighted by Gasteiger charge is -2.08. The van der Waals surface area contributed by atoms with E-state index in [0.717, 1.165) is 17.0 Å². The average Bonchev–Trinajstić information content (AvgIpc) is 2.49. The molecule has 2 aromatic carbocycles. The van der Waals surface area contributed by atoms with E-state index in [1.807, 2.05) is 24.3 Å². The normalized spacial score (nSPS) is 10.4. The summed E-state index contributed by atoms with van der Waals surface area (Å²) in [7, 11) is 0. The molecule has 2 aromatic rings. The van der Waals surface area contributed by atoms with E-state index < -0.39 is 0 Å². The molecule has 3 N–H and O–H groups in total. The highest BCUT2D eigenvalue weighted by Gasteiger charge is 2.06. The molecule has 0 radical (unpaired) electrons. The molecule has 0 aliphatic heterocycles. The second-order valence-corrected chi connectivity index (χ2v) is 6.02. The van der Waals surface area contributed by atoms with E-state index >= 15 is 0 Å². The molecule has 0 saturated heterocycles. The number of carbonyl (C=O) groups excluding carboxylic acids is 1. The van der Waals surface area contributed by atoms with E-state index in [1.165, 1.54) is 17.3 Å². The Hall–Kier alpha value is -1.65. The monoisotopic (exact) mass is 320 g/mol. The number of carbonyl (C=O) groups is 1. The first-order valence-corrected chi connectivity index (χ1v) is 8.01. The zero-order valence-corrected chi connectivity index (χ0v) is 13.3. The molecule has 5 heteroatoms. The number of amides is 1. The highest BCUT2D eigenvalue weighted by atomic mass is 35.5. The van der Waals surface area contributed by atoms with Gasteiger partial charge < -0.3 is 11.1 Å². The summed E-state index contributed by atoms with van der Waals surface area (Å²) in [6, 6.07) is 13.1. The molecule has 3 nitrogen and oxygen atoms in total. The van der Waals surface area contributed by atoms with Crippen LogP contribution in [0.25, 0.3) is 0 Å². The van der Waals surface area contributed by atoms with Gasteiger partial charge in [-0.2, -0.15) is 0 Å². The summed E-state index contributed by atoms with van der Waals surface area (Å²) in [4.78, 5) is 12.7. The van der Waals surface area contributed by atoms with Crippen molar-refractivity contribution in [3.63, 3.8) is 0 Å². The van der Waals surface area contributed by atoms with Crippen molar-refractivity contribution < 1.29 is 4.79 Å². The Labute approximate surface area is 133 Å². The number of benzene rings is 2. The number of aryl methyl sites for hydroxylation is 1. The fraction of sp³-hybridized carbons (Fsp3) is 0.188. The van der Waals surface area contributed by atoms with Gasteiger partial charge in [-0.3, -0.25) is 4.79 Å². The Balaban J connectivity index is 1.91. The van der Waals surface area contributed by atoms with Crippen molar-refractivity contribution in [2.24, 2.45) is 0 Å². The standard InChI is InChI=1S/C16H17ClN2OS/c1-2-11-3-6-13(7-4-11)19-16(20)10-21-15-9-12(17)5-8-14(15)18/h3-9H,2,10,18H2,1H3,(H,19,20). The maximum Gasteiger partial charge on any atom is 0.234 e. The Morgan fingerprint density at radius 2 is 1.95 bits per heavy atom. The number of nitrogens with one attached hydrogen (secondary N) is 1. The van der Waals surface area contributed by atoms with E-state index in [-0.39, 0.29) is 5.91 Å². The van der Waals surface area contributed by atoms with Gasteiger partial charge in [-0.1, -0.05) is 30.7 Å². The fourth-order valence-electron chi connectivity index (χ4n) is 1.80. The summed E-state index contributed by atoms with van der Waals surface area (Å²) < 4.78 is 0. The van der Waals surface area contributed by atoms with Crippen molar-refractivity contribution in [2.45, 2.75) is 18.2 Å². The van der Waals surface area contributed by atoms with Gasteiger partial charge in [-0.25, -0.2) is 0 Å². The van der Waals surface area contributed by atoms with Crippen LogP contribution in [0.4, 0.5) is 11.4 Å². The van der Waals surface area contributed by atoms with Gasteiger partial charge in [0, 0.05) is 21.3 Å². The number of thioether (sulfide) groups is 1. The Kier molecular flexibility index (Phi) is 5.53. The minimum Gasteiger partial charge on any atom is -0.398 e. The quantitative estimate of drug-likeness (QED) is 0.640. The lowest BCUT2D eigenvalue weighted by atomic mass is 10.1. The maximum absolute atomic E-state index is 11.9. The molecule has 0 aromatic heterocycles. The predicted octanol–water partition coefficient (Wildman–Crippen LogP) is 4.22.